The van der Waals surface area contributed by atoms with E-state index in [2.05, 4.69) is 10.5 Å². The lowest BCUT2D eigenvalue weighted by atomic mass is 10.1. The fourth-order valence-electron chi connectivity index (χ4n) is 2.32. The van der Waals surface area contributed by atoms with Crippen molar-refractivity contribution >= 4 is 22.9 Å². The monoisotopic (exact) mass is 291 g/mol. The molecule has 4 heteroatoms. The first kappa shape index (κ1) is 14.1. The summed E-state index contributed by atoms with van der Waals surface area (Å²) in [4.78, 5) is 12.1. The van der Waals surface area contributed by atoms with Gasteiger partial charge in [0.2, 0.25) is 0 Å². The quantitative estimate of drug-likeness (QED) is 0.584. The molecule has 4 nitrogen and oxygen atoms in total. The highest BCUT2D eigenvalue weighted by Gasteiger charge is 2.05. The molecule has 0 radical (unpaired) electrons. The molecule has 1 aromatic heterocycles. The molecule has 3 aromatic rings. The summed E-state index contributed by atoms with van der Waals surface area (Å²) in [6, 6.07) is 17.5. The van der Waals surface area contributed by atoms with E-state index in [4.69, 9.17) is 0 Å². The molecule has 0 saturated carbocycles. The van der Waals surface area contributed by atoms with Gasteiger partial charge in [-0.15, -0.1) is 0 Å². The van der Waals surface area contributed by atoms with Crippen LogP contribution in [0.2, 0.25) is 0 Å². The number of rotatable bonds is 3. The third kappa shape index (κ3) is 2.76. The van der Waals surface area contributed by atoms with Crippen LogP contribution < -0.4 is 5.43 Å². The SMILES string of the molecule is Cc1ccc(/C=N/NC(=O)c2ccc3ccccc3c2)n1C. The highest BCUT2D eigenvalue weighted by Crippen LogP contribution is 2.15. The summed E-state index contributed by atoms with van der Waals surface area (Å²) in [5.41, 5.74) is 5.24. The zero-order valence-electron chi connectivity index (χ0n) is 12.6. The van der Waals surface area contributed by atoms with Crippen molar-refractivity contribution in [3.05, 3.63) is 71.5 Å². The Bertz CT molecular complexity index is 862. The Balaban J connectivity index is 1.74. The number of carbonyl (C=O) groups excluding carboxylic acids is 1. The maximum absolute atomic E-state index is 12.1. The molecule has 0 saturated heterocycles. The molecule has 0 bridgehead atoms. The number of benzene rings is 2. The van der Waals surface area contributed by atoms with Crippen LogP contribution in [0.5, 0.6) is 0 Å². The average Bonchev–Trinajstić information content (AvgIpc) is 2.86. The van der Waals surface area contributed by atoms with Crippen molar-refractivity contribution in [3.8, 4) is 0 Å². The molecule has 22 heavy (non-hydrogen) atoms. The summed E-state index contributed by atoms with van der Waals surface area (Å²) in [7, 11) is 1.96. The Morgan fingerprint density at radius 1 is 1.09 bits per heavy atom. The molecule has 1 heterocycles. The number of carbonyl (C=O) groups is 1. The molecule has 1 N–H and O–H groups in total. The standard InChI is InChI=1S/C18H17N3O/c1-13-7-10-17(21(13)2)12-19-20-18(22)16-9-8-14-5-3-4-6-15(14)11-16/h3-12H,1-2H3,(H,20,22)/b19-12+. The van der Waals surface area contributed by atoms with Crippen molar-refractivity contribution in [3.63, 3.8) is 0 Å². The molecule has 0 atom stereocenters. The van der Waals surface area contributed by atoms with Crippen LogP contribution in [-0.2, 0) is 7.05 Å². The van der Waals surface area contributed by atoms with Crippen LogP contribution >= 0.6 is 0 Å². The molecule has 0 fully saturated rings. The normalized spacial score (nSPS) is 11.2. The van der Waals surface area contributed by atoms with Crippen LogP contribution in [0.25, 0.3) is 10.8 Å². The first-order chi connectivity index (χ1) is 10.6. The zero-order chi connectivity index (χ0) is 15.5. The minimum Gasteiger partial charge on any atom is -0.347 e. The van der Waals surface area contributed by atoms with E-state index in [1.54, 1.807) is 12.3 Å². The molecule has 1 amide bonds. The van der Waals surface area contributed by atoms with Gasteiger partial charge >= 0.3 is 0 Å². The van der Waals surface area contributed by atoms with Crippen molar-refractivity contribution in [2.75, 3.05) is 0 Å². The Labute approximate surface area is 129 Å². The average molecular weight is 291 g/mol. The van der Waals surface area contributed by atoms with E-state index in [9.17, 15) is 4.79 Å². The lowest BCUT2D eigenvalue weighted by Gasteiger charge is -2.03. The van der Waals surface area contributed by atoms with Gasteiger partial charge in [0.25, 0.3) is 5.91 Å². The van der Waals surface area contributed by atoms with Gasteiger partial charge in [0, 0.05) is 18.3 Å². The molecule has 3 rings (SSSR count). The Morgan fingerprint density at radius 3 is 2.59 bits per heavy atom. The zero-order valence-corrected chi connectivity index (χ0v) is 12.6. The highest BCUT2D eigenvalue weighted by atomic mass is 16.2. The number of aryl methyl sites for hydroxylation is 1. The molecular weight excluding hydrogens is 274 g/mol. The van der Waals surface area contributed by atoms with E-state index in [0.717, 1.165) is 22.2 Å². The number of fused-ring (bicyclic) bond motifs is 1. The van der Waals surface area contributed by atoms with E-state index >= 15 is 0 Å². The smallest absolute Gasteiger partial charge is 0.271 e. The second-order valence-electron chi connectivity index (χ2n) is 5.22. The number of amides is 1. The summed E-state index contributed by atoms with van der Waals surface area (Å²) < 4.78 is 2.01. The second-order valence-corrected chi connectivity index (χ2v) is 5.22. The van der Waals surface area contributed by atoms with Crippen LogP contribution in [0.4, 0.5) is 0 Å². The van der Waals surface area contributed by atoms with E-state index in [-0.39, 0.29) is 5.91 Å². The predicted octanol–water partition coefficient (Wildman–Crippen LogP) is 3.25. The Hall–Kier alpha value is -2.88. The summed E-state index contributed by atoms with van der Waals surface area (Å²) in [6.07, 6.45) is 1.64. The molecule has 0 aliphatic carbocycles. The summed E-state index contributed by atoms with van der Waals surface area (Å²) >= 11 is 0. The van der Waals surface area contributed by atoms with Gasteiger partial charge in [-0.3, -0.25) is 4.79 Å². The van der Waals surface area contributed by atoms with Crippen LogP contribution in [0.3, 0.4) is 0 Å². The number of hydrogen-bond donors (Lipinski definition) is 1. The molecule has 2 aromatic carbocycles. The van der Waals surface area contributed by atoms with Gasteiger partial charge in [-0.25, -0.2) is 5.43 Å². The molecule has 0 aliphatic rings. The van der Waals surface area contributed by atoms with E-state index < -0.39 is 0 Å². The highest BCUT2D eigenvalue weighted by molar-refractivity contribution is 5.98. The van der Waals surface area contributed by atoms with Gasteiger partial charge in [-0.1, -0.05) is 30.3 Å². The number of hydrogen-bond acceptors (Lipinski definition) is 2. The molecule has 0 unspecified atom stereocenters. The third-order valence-electron chi connectivity index (χ3n) is 3.79. The number of nitrogens with zero attached hydrogens (tertiary/aromatic N) is 2. The molecule has 0 spiro atoms. The topological polar surface area (TPSA) is 46.4 Å². The summed E-state index contributed by atoms with van der Waals surface area (Å²) in [6.45, 7) is 2.02. The maximum Gasteiger partial charge on any atom is 0.271 e. The number of aromatic nitrogens is 1. The molecular formula is C18H17N3O. The van der Waals surface area contributed by atoms with E-state index in [1.807, 2.05) is 67.1 Å². The summed E-state index contributed by atoms with van der Waals surface area (Å²) in [5, 5.41) is 6.18. The fourth-order valence-corrected chi connectivity index (χ4v) is 2.32. The van der Waals surface area contributed by atoms with Crippen LogP contribution in [-0.4, -0.2) is 16.7 Å². The maximum atomic E-state index is 12.1. The lowest BCUT2D eigenvalue weighted by Crippen LogP contribution is -2.17. The van der Waals surface area contributed by atoms with E-state index in [1.165, 1.54) is 0 Å². The first-order valence-electron chi connectivity index (χ1n) is 7.10. The largest absolute Gasteiger partial charge is 0.347 e. The fraction of sp³-hybridized carbons (Fsp3) is 0.111. The number of hydrazone groups is 1. The van der Waals surface area contributed by atoms with Gasteiger partial charge in [0.15, 0.2) is 0 Å². The van der Waals surface area contributed by atoms with Gasteiger partial charge in [-0.2, -0.15) is 5.10 Å². The van der Waals surface area contributed by atoms with Crippen molar-refractivity contribution in [2.45, 2.75) is 6.92 Å². The van der Waals surface area contributed by atoms with E-state index in [0.29, 0.717) is 5.56 Å². The lowest BCUT2D eigenvalue weighted by molar-refractivity contribution is 0.0955. The Kier molecular flexibility index (Phi) is 3.74. The van der Waals surface area contributed by atoms with Gasteiger partial charge in [0.05, 0.1) is 11.9 Å². The minimum atomic E-state index is -0.215. The van der Waals surface area contributed by atoms with Gasteiger partial charge in [0.1, 0.15) is 0 Å². The van der Waals surface area contributed by atoms with Crippen molar-refractivity contribution in [1.82, 2.24) is 9.99 Å². The van der Waals surface area contributed by atoms with Crippen molar-refractivity contribution < 1.29 is 4.79 Å². The van der Waals surface area contributed by atoms with Gasteiger partial charge < -0.3 is 4.57 Å². The van der Waals surface area contributed by atoms with Crippen molar-refractivity contribution in [2.24, 2.45) is 12.1 Å². The number of nitrogens with one attached hydrogen (secondary N) is 1. The van der Waals surface area contributed by atoms with Crippen molar-refractivity contribution in [1.29, 1.82) is 0 Å². The molecule has 110 valence electrons. The van der Waals surface area contributed by atoms with Crippen LogP contribution in [0, 0.1) is 6.92 Å². The molecule has 0 aliphatic heterocycles. The Morgan fingerprint density at radius 2 is 1.86 bits per heavy atom. The predicted molar refractivity (Wildman–Crippen MR) is 89.2 cm³/mol. The summed E-state index contributed by atoms with van der Waals surface area (Å²) in [5.74, 6) is -0.215. The third-order valence-corrected chi connectivity index (χ3v) is 3.79. The first-order valence-corrected chi connectivity index (χ1v) is 7.10. The minimum absolute atomic E-state index is 0.215. The van der Waals surface area contributed by atoms with Gasteiger partial charge in [-0.05, 0) is 42.0 Å². The van der Waals surface area contributed by atoms with Crippen LogP contribution in [0.15, 0.2) is 59.7 Å². The second kappa shape index (κ2) is 5.85. The van der Waals surface area contributed by atoms with Crippen LogP contribution in [0.1, 0.15) is 21.7 Å².